The Hall–Kier alpha value is -1.59. The van der Waals surface area contributed by atoms with Crippen molar-refractivity contribution in [3.05, 3.63) is 29.3 Å². The van der Waals surface area contributed by atoms with Crippen LogP contribution in [0.3, 0.4) is 0 Å². The van der Waals surface area contributed by atoms with E-state index in [0.29, 0.717) is 23.7 Å². The van der Waals surface area contributed by atoms with E-state index in [2.05, 4.69) is 10.6 Å². The number of carbonyl (C=O) groups is 2. The highest BCUT2D eigenvalue weighted by Crippen LogP contribution is 2.13. The van der Waals surface area contributed by atoms with Gasteiger partial charge in [-0.25, -0.2) is 0 Å². The molecular formula is C15H21ClN2O3. The molecular weight excluding hydrogens is 292 g/mol. The van der Waals surface area contributed by atoms with E-state index in [9.17, 15) is 9.59 Å². The minimum absolute atomic E-state index is 0.0809. The minimum atomic E-state index is -0.712. The molecule has 0 fully saturated rings. The highest BCUT2D eigenvalue weighted by atomic mass is 35.5. The Balaban J connectivity index is 2.43. The summed E-state index contributed by atoms with van der Waals surface area (Å²) in [5, 5.41) is 14.6. The van der Waals surface area contributed by atoms with Gasteiger partial charge in [0, 0.05) is 23.9 Å². The number of benzene rings is 1. The lowest BCUT2D eigenvalue weighted by atomic mass is 10.0. The fraction of sp³-hybridized carbons (Fsp3) is 0.467. The van der Waals surface area contributed by atoms with Crippen molar-refractivity contribution in [1.82, 2.24) is 5.32 Å². The van der Waals surface area contributed by atoms with Gasteiger partial charge in [0.2, 0.25) is 0 Å². The third-order valence-electron chi connectivity index (χ3n) is 3.09. The van der Waals surface area contributed by atoms with Gasteiger partial charge in [-0.3, -0.25) is 9.59 Å². The Bertz CT molecular complexity index is 456. The van der Waals surface area contributed by atoms with Crippen LogP contribution >= 0.6 is 11.6 Å². The maximum absolute atomic E-state index is 11.7. The lowest BCUT2D eigenvalue weighted by molar-refractivity contribution is -0.136. The van der Waals surface area contributed by atoms with Crippen LogP contribution in [0.2, 0.25) is 5.02 Å². The fourth-order valence-electron chi connectivity index (χ4n) is 1.98. The van der Waals surface area contributed by atoms with Crippen molar-refractivity contribution in [1.29, 1.82) is 0 Å². The van der Waals surface area contributed by atoms with E-state index < -0.39 is 11.8 Å². The van der Waals surface area contributed by atoms with E-state index in [1.807, 2.05) is 6.92 Å². The molecule has 1 aromatic carbocycles. The molecule has 0 saturated heterocycles. The van der Waals surface area contributed by atoms with Crippen LogP contribution in [0.25, 0.3) is 0 Å². The Morgan fingerprint density at radius 2 is 1.86 bits per heavy atom. The summed E-state index contributed by atoms with van der Waals surface area (Å²) in [4.78, 5) is 23.4. The fourth-order valence-corrected chi connectivity index (χ4v) is 2.10. The van der Waals surface area contributed by atoms with Gasteiger partial charge in [-0.15, -0.1) is 0 Å². The molecule has 1 atom stereocenters. The maximum Gasteiger partial charge on any atom is 0.313 e. The third-order valence-corrected chi connectivity index (χ3v) is 3.35. The van der Waals surface area contributed by atoms with Crippen molar-refractivity contribution in [3.8, 4) is 0 Å². The van der Waals surface area contributed by atoms with Gasteiger partial charge in [-0.1, -0.05) is 24.9 Å². The Morgan fingerprint density at radius 1 is 1.19 bits per heavy atom. The standard InChI is InChI=1S/C15H21ClN2O3/c1-2-3-11(8-9-19)10-17-14(20)15(21)18-13-6-4-12(16)5-7-13/h4-7,11,19H,2-3,8-10H2,1H3,(H,17,20)(H,18,21). The molecule has 0 bridgehead atoms. The average molecular weight is 313 g/mol. The SMILES string of the molecule is CCCC(CCO)CNC(=O)C(=O)Nc1ccc(Cl)cc1. The molecule has 0 aliphatic rings. The number of hydrogen-bond donors (Lipinski definition) is 3. The van der Waals surface area contributed by atoms with E-state index in [4.69, 9.17) is 16.7 Å². The van der Waals surface area contributed by atoms with Crippen LogP contribution < -0.4 is 10.6 Å². The van der Waals surface area contributed by atoms with Crippen molar-refractivity contribution in [2.75, 3.05) is 18.5 Å². The van der Waals surface area contributed by atoms with E-state index in [1.54, 1.807) is 24.3 Å². The molecule has 0 heterocycles. The second kappa shape index (κ2) is 9.37. The second-order valence-electron chi connectivity index (χ2n) is 4.84. The predicted octanol–water partition coefficient (Wildman–Crippen LogP) is 2.19. The summed E-state index contributed by atoms with van der Waals surface area (Å²) in [6, 6.07) is 6.51. The first-order valence-electron chi connectivity index (χ1n) is 7.02. The number of nitrogens with one attached hydrogen (secondary N) is 2. The number of amides is 2. The Labute approximate surface area is 129 Å². The van der Waals surface area contributed by atoms with Gasteiger partial charge in [0.1, 0.15) is 0 Å². The normalized spacial score (nSPS) is 11.8. The molecule has 0 aliphatic carbocycles. The summed E-state index contributed by atoms with van der Waals surface area (Å²) < 4.78 is 0. The molecule has 1 aromatic rings. The molecule has 1 rings (SSSR count). The van der Waals surface area contributed by atoms with Crippen LogP contribution in [0, 0.1) is 5.92 Å². The molecule has 0 aromatic heterocycles. The Morgan fingerprint density at radius 3 is 2.43 bits per heavy atom. The summed E-state index contributed by atoms with van der Waals surface area (Å²) in [6.45, 7) is 2.51. The van der Waals surface area contributed by atoms with E-state index in [1.165, 1.54) is 0 Å². The van der Waals surface area contributed by atoms with E-state index >= 15 is 0 Å². The molecule has 116 valence electrons. The highest BCUT2D eigenvalue weighted by molar-refractivity contribution is 6.39. The number of carbonyl (C=O) groups excluding carboxylic acids is 2. The Kier molecular flexibility index (Phi) is 7.79. The van der Waals surface area contributed by atoms with E-state index in [0.717, 1.165) is 12.8 Å². The van der Waals surface area contributed by atoms with Gasteiger partial charge in [0.05, 0.1) is 0 Å². The van der Waals surface area contributed by atoms with Crippen molar-refractivity contribution in [3.63, 3.8) is 0 Å². The first kappa shape index (κ1) is 17.5. The molecule has 3 N–H and O–H groups in total. The number of rotatable bonds is 7. The van der Waals surface area contributed by atoms with Crippen LogP contribution in [-0.4, -0.2) is 30.1 Å². The van der Waals surface area contributed by atoms with Crippen LogP contribution in [0.1, 0.15) is 26.2 Å². The summed E-state index contributed by atoms with van der Waals surface area (Å²) in [7, 11) is 0. The third kappa shape index (κ3) is 6.60. The van der Waals surface area contributed by atoms with Crippen molar-refractivity contribution in [2.45, 2.75) is 26.2 Å². The molecule has 5 nitrogen and oxygen atoms in total. The molecule has 1 unspecified atom stereocenters. The van der Waals surface area contributed by atoms with Gasteiger partial charge in [0.25, 0.3) is 0 Å². The van der Waals surface area contributed by atoms with Crippen LogP contribution in [0.15, 0.2) is 24.3 Å². The molecule has 0 saturated carbocycles. The van der Waals surface area contributed by atoms with E-state index in [-0.39, 0.29) is 12.5 Å². The van der Waals surface area contributed by atoms with Gasteiger partial charge < -0.3 is 15.7 Å². The van der Waals surface area contributed by atoms with Crippen LogP contribution in [0.5, 0.6) is 0 Å². The quantitative estimate of drug-likeness (QED) is 0.675. The second-order valence-corrected chi connectivity index (χ2v) is 5.27. The molecule has 2 amide bonds. The van der Waals surface area contributed by atoms with Gasteiger partial charge in [-0.2, -0.15) is 0 Å². The summed E-state index contributed by atoms with van der Waals surface area (Å²) >= 11 is 5.74. The molecule has 0 aliphatic heterocycles. The smallest absolute Gasteiger partial charge is 0.313 e. The minimum Gasteiger partial charge on any atom is -0.396 e. The van der Waals surface area contributed by atoms with Gasteiger partial charge in [-0.05, 0) is 43.0 Å². The highest BCUT2D eigenvalue weighted by Gasteiger charge is 2.15. The first-order chi connectivity index (χ1) is 10.1. The monoisotopic (exact) mass is 312 g/mol. The summed E-state index contributed by atoms with van der Waals surface area (Å²) in [5.74, 6) is -1.20. The van der Waals surface area contributed by atoms with Crippen LogP contribution in [-0.2, 0) is 9.59 Å². The largest absolute Gasteiger partial charge is 0.396 e. The van der Waals surface area contributed by atoms with Gasteiger partial charge >= 0.3 is 11.8 Å². The first-order valence-corrected chi connectivity index (χ1v) is 7.40. The lowest BCUT2D eigenvalue weighted by Crippen LogP contribution is -2.38. The zero-order valence-electron chi connectivity index (χ0n) is 12.1. The molecule has 21 heavy (non-hydrogen) atoms. The van der Waals surface area contributed by atoms with Gasteiger partial charge in [0.15, 0.2) is 0 Å². The van der Waals surface area contributed by atoms with Crippen LogP contribution in [0.4, 0.5) is 5.69 Å². The van der Waals surface area contributed by atoms with Crippen molar-refractivity contribution < 1.29 is 14.7 Å². The average Bonchev–Trinajstić information content (AvgIpc) is 2.47. The zero-order chi connectivity index (χ0) is 15.7. The van der Waals surface area contributed by atoms with Crippen molar-refractivity contribution >= 4 is 29.1 Å². The molecule has 0 radical (unpaired) electrons. The topological polar surface area (TPSA) is 78.4 Å². The summed E-state index contributed by atoms with van der Waals surface area (Å²) in [6.07, 6.45) is 2.49. The number of anilines is 1. The summed E-state index contributed by atoms with van der Waals surface area (Å²) in [5.41, 5.74) is 0.514. The van der Waals surface area contributed by atoms with Crippen molar-refractivity contribution in [2.24, 2.45) is 5.92 Å². The molecule has 0 spiro atoms. The predicted molar refractivity (Wildman–Crippen MR) is 83.2 cm³/mol. The lowest BCUT2D eigenvalue weighted by Gasteiger charge is -2.15. The number of aliphatic hydroxyl groups excluding tert-OH is 1. The zero-order valence-corrected chi connectivity index (χ0v) is 12.8. The number of hydrogen-bond acceptors (Lipinski definition) is 3. The molecule has 6 heteroatoms. The number of halogens is 1. The maximum atomic E-state index is 11.7. The number of aliphatic hydroxyl groups is 1.